The van der Waals surface area contributed by atoms with Crippen molar-refractivity contribution in [1.29, 1.82) is 0 Å². The molecule has 0 N–H and O–H groups in total. The van der Waals surface area contributed by atoms with Crippen LogP contribution >= 0.6 is 0 Å². The van der Waals surface area contributed by atoms with E-state index in [1.54, 1.807) is 6.92 Å². The maximum absolute atomic E-state index is 12.2. The Balaban J connectivity index is 2.34. The van der Waals surface area contributed by atoms with Crippen LogP contribution < -0.4 is 4.74 Å². The predicted octanol–water partition coefficient (Wildman–Crippen LogP) is 6.22. The lowest BCUT2D eigenvalue weighted by atomic mass is 10.0. The van der Waals surface area contributed by atoms with E-state index in [1.807, 2.05) is 0 Å². The van der Waals surface area contributed by atoms with Crippen LogP contribution in [0.4, 0.5) is 5.69 Å². The van der Waals surface area contributed by atoms with Crippen molar-refractivity contribution in [3.63, 3.8) is 0 Å². The average Bonchev–Trinajstić information content (AvgIpc) is 2.69. The molecule has 0 spiro atoms. The lowest BCUT2D eigenvalue weighted by Crippen LogP contribution is -2.29. The molecule has 0 radical (unpaired) electrons. The van der Waals surface area contributed by atoms with Gasteiger partial charge in [0.25, 0.3) is 5.69 Å². The smallest absolute Gasteiger partial charge is 0.347 e. The number of nitro groups is 1. The van der Waals surface area contributed by atoms with Crippen LogP contribution in [0, 0.1) is 10.1 Å². The predicted molar refractivity (Wildman–Crippen MR) is 111 cm³/mol. The molecule has 1 atom stereocenters. The highest BCUT2D eigenvalue weighted by atomic mass is 16.6. The Morgan fingerprint density at radius 2 is 1.46 bits per heavy atom. The zero-order valence-corrected chi connectivity index (χ0v) is 17.4. The molecular formula is C22H35NO5. The van der Waals surface area contributed by atoms with Crippen LogP contribution in [0.25, 0.3) is 0 Å². The zero-order valence-electron chi connectivity index (χ0n) is 17.4. The van der Waals surface area contributed by atoms with E-state index in [-0.39, 0.29) is 11.7 Å². The third kappa shape index (κ3) is 10.3. The molecule has 1 unspecified atom stereocenters. The molecule has 0 aromatic heterocycles. The summed E-state index contributed by atoms with van der Waals surface area (Å²) < 4.78 is 10.9. The van der Waals surface area contributed by atoms with Gasteiger partial charge in [-0.25, -0.2) is 4.79 Å². The largest absolute Gasteiger partial charge is 0.479 e. The second-order valence-corrected chi connectivity index (χ2v) is 7.08. The number of nitro benzene ring substituents is 1. The zero-order chi connectivity index (χ0) is 20.6. The van der Waals surface area contributed by atoms with Crippen LogP contribution in [0.2, 0.25) is 0 Å². The van der Waals surface area contributed by atoms with E-state index < -0.39 is 11.0 Å². The number of carbonyl (C=O) groups excluding carboxylic acids is 1. The molecular weight excluding hydrogens is 358 g/mol. The van der Waals surface area contributed by atoms with E-state index >= 15 is 0 Å². The fourth-order valence-electron chi connectivity index (χ4n) is 3.09. The Morgan fingerprint density at radius 1 is 0.929 bits per heavy atom. The fraction of sp³-hybridized carbons (Fsp3) is 0.682. The molecule has 0 amide bonds. The molecule has 0 saturated carbocycles. The quantitative estimate of drug-likeness (QED) is 0.144. The number of unbranched alkanes of at least 4 members (excludes halogenated alkanes) is 9. The second-order valence-electron chi connectivity index (χ2n) is 7.08. The van der Waals surface area contributed by atoms with Gasteiger partial charge in [-0.3, -0.25) is 10.1 Å². The molecule has 0 bridgehead atoms. The lowest BCUT2D eigenvalue weighted by molar-refractivity contribution is -0.384. The molecule has 0 saturated heterocycles. The maximum Gasteiger partial charge on any atom is 0.347 e. The molecule has 6 nitrogen and oxygen atoms in total. The number of rotatable bonds is 16. The highest BCUT2D eigenvalue weighted by Gasteiger charge is 2.21. The summed E-state index contributed by atoms with van der Waals surface area (Å²) in [6.07, 6.45) is 12.2. The van der Waals surface area contributed by atoms with Gasteiger partial charge in [-0.05, 0) is 31.9 Å². The van der Waals surface area contributed by atoms with Crippen molar-refractivity contribution in [2.45, 2.75) is 90.6 Å². The number of hydrogen-bond acceptors (Lipinski definition) is 5. The van der Waals surface area contributed by atoms with Crippen LogP contribution in [0.1, 0.15) is 84.5 Å². The molecule has 1 rings (SSSR count). The molecule has 1 aromatic rings. The monoisotopic (exact) mass is 393 g/mol. The minimum Gasteiger partial charge on any atom is -0.479 e. The van der Waals surface area contributed by atoms with Crippen molar-refractivity contribution in [3.8, 4) is 5.75 Å². The van der Waals surface area contributed by atoms with Gasteiger partial charge in [0.05, 0.1) is 11.5 Å². The molecule has 28 heavy (non-hydrogen) atoms. The summed E-state index contributed by atoms with van der Waals surface area (Å²) >= 11 is 0. The van der Waals surface area contributed by atoms with Crippen molar-refractivity contribution >= 4 is 11.7 Å². The molecule has 6 heteroatoms. The Labute approximate surface area is 168 Å². The highest BCUT2D eigenvalue weighted by molar-refractivity contribution is 5.75. The van der Waals surface area contributed by atoms with E-state index in [0.29, 0.717) is 18.8 Å². The fourth-order valence-corrected chi connectivity index (χ4v) is 3.09. The number of benzene rings is 1. The van der Waals surface area contributed by atoms with E-state index in [4.69, 9.17) is 9.47 Å². The molecule has 0 aliphatic heterocycles. The molecule has 0 aliphatic rings. The van der Waals surface area contributed by atoms with Crippen LogP contribution in [0.5, 0.6) is 5.75 Å². The first-order chi connectivity index (χ1) is 13.6. The molecule has 0 fully saturated rings. The van der Waals surface area contributed by atoms with E-state index in [0.717, 1.165) is 12.8 Å². The Kier molecular flexibility index (Phi) is 12.7. The first-order valence-corrected chi connectivity index (χ1v) is 10.7. The Hall–Kier alpha value is -2.11. The molecule has 0 aliphatic carbocycles. The standard InChI is InChI=1S/C22H35NO5/c1-3-5-6-7-8-9-10-11-12-13-14-21(22(24)27-4-2)28-20-17-15-19(16-18-20)23(25)26/h15-18,21H,3-14H2,1-2H3. The Morgan fingerprint density at radius 3 is 1.96 bits per heavy atom. The number of hydrogen-bond donors (Lipinski definition) is 0. The van der Waals surface area contributed by atoms with Crippen molar-refractivity contribution in [2.75, 3.05) is 6.61 Å². The van der Waals surface area contributed by atoms with Crippen LogP contribution in [0.3, 0.4) is 0 Å². The summed E-state index contributed by atoms with van der Waals surface area (Å²) in [6.45, 7) is 4.30. The van der Waals surface area contributed by atoms with Gasteiger partial charge in [-0.2, -0.15) is 0 Å². The van der Waals surface area contributed by atoms with Gasteiger partial charge in [0.15, 0.2) is 6.10 Å². The van der Waals surface area contributed by atoms with Gasteiger partial charge < -0.3 is 9.47 Å². The first-order valence-electron chi connectivity index (χ1n) is 10.7. The minimum absolute atomic E-state index is 0.00488. The Bertz CT molecular complexity index is 559. The number of esters is 1. The maximum atomic E-state index is 12.2. The minimum atomic E-state index is -0.671. The van der Waals surface area contributed by atoms with E-state index in [1.165, 1.54) is 75.6 Å². The van der Waals surface area contributed by atoms with Crippen molar-refractivity contribution in [2.24, 2.45) is 0 Å². The topological polar surface area (TPSA) is 78.7 Å². The van der Waals surface area contributed by atoms with Gasteiger partial charge in [0.2, 0.25) is 0 Å². The van der Waals surface area contributed by atoms with Crippen molar-refractivity contribution in [1.82, 2.24) is 0 Å². The molecule has 1 aromatic carbocycles. The summed E-state index contributed by atoms with van der Waals surface area (Å²) in [5, 5.41) is 10.7. The van der Waals surface area contributed by atoms with E-state index in [2.05, 4.69) is 6.92 Å². The third-order valence-electron chi connectivity index (χ3n) is 4.70. The second kappa shape index (κ2) is 14.9. The van der Waals surface area contributed by atoms with Gasteiger partial charge in [-0.15, -0.1) is 0 Å². The van der Waals surface area contributed by atoms with Crippen molar-refractivity contribution in [3.05, 3.63) is 34.4 Å². The molecule has 0 heterocycles. The molecule has 158 valence electrons. The summed E-state index contributed by atoms with van der Waals surface area (Å²) in [5.41, 5.74) is -0.00488. The van der Waals surface area contributed by atoms with Gasteiger partial charge in [-0.1, -0.05) is 64.7 Å². The van der Waals surface area contributed by atoms with Crippen LogP contribution in [0.15, 0.2) is 24.3 Å². The summed E-state index contributed by atoms with van der Waals surface area (Å²) in [7, 11) is 0. The average molecular weight is 394 g/mol. The number of nitrogens with zero attached hydrogens (tertiary/aromatic N) is 1. The van der Waals surface area contributed by atoms with Gasteiger partial charge in [0.1, 0.15) is 5.75 Å². The summed E-state index contributed by atoms with van der Waals surface area (Å²) in [5.74, 6) is 0.0625. The summed E-state index contributed by atoms with van der Waals surface area (Å²) in [6, 6.07) is 5.78. The SMILES string of the molecule is CCCCCCCCCCCCC(Oc1ccc([N+](=O)[O-])cc1)C(=O)OCC. The lowest BCUT2D eigenvalue weighted by Gasteiger charge is -2.17. The van der Waals surface area contributed by atoms with Crippen LogP contribution in [-0.2, 0) is 9.53 Å². The number of ether oxygens (including phenoxy) is 2. The summed E-state index contributed by atoms with van der Waals surface area (Å²) in [4.78, 5) is 22.4. The highest BCUT2D eigenvalue weighted by Crippen LogP contribution is 2.21. The number of carbonyl (C=O) groups is 1. The van der Waals surface area contributed by atoms with Crippen molar-refractivity contribution < 1.29 is 19.2 Å². The number of non-ortho nitro benzene ring substituents is 1. The normalized spacial score (nSPS) is 11.8. The van der Waals surface area contributed by atoms with Gasteiger partial charge in [0, 0.05) is 12.1 Å². The third-order valence-corrected chi connectivity index (χ3v) is 4.70. The van der Waals surface area contributed by atoms with E-state index in [9.17, 15) is 14.9 Å². The van der Waals surface area contributed by atoms with Crippen LogP contribution in [-0.4, -0.2) is 23.6 Å². The van der Waals surface area contributed by atoms with Gasteiger partial charge >= 0.3 is 5.97 Å². The first kappa shape index (κ1) is 23.9.